The van der Waals surface area contributed by atoms with Gasteiger partial charge in [-0.25, -0.2) is 0 Å². The third kappa shape index (κ3) is 6.52. The van der Waals surface area contributed by atoms with Gasteiger partial charge in [0, 0.05) is 11.6 Å². The number of aryl methyl sites for hydroxylation is 1. The summed E-state index contributed by atoms with van der Waals surface area (Å²) in [4.78, 5) is 12.6. The predicted octanol–water partition coefficient (Wildman–Crippen LogP) is 4.27. The largest absolute Gasteiger partial charge is 0.351 e. The lowest BCUT2D eigenvalue weighted by atomic mass is 9.91. The summed E-state index contributed by atoms with van der Waals surface area (Å²) < 4.78 is 0. The SMILES string of the molecule is CC(C(=O)NC(C)(C)CCc1ccccc1)C(N)c1ccccc1.Cl. The summed E-state index contributed by atoms with van der Waals surface area (Å²) >= 11 is 0. The van der Waals surface area contributed by atoms with Crippen LogP contribution < -0.4 is 11.1 Å². The molecule has 4 heteroatoms. The Bertz CT molecular complexity index is 643. The van der Waals surface area contributed by atoms with Crippen molar-refractivity contribution in [2.75, 3.05) is 0 Å². The van der Waals surface area contributed by atoms with Gasteiger partial charge in [-0.1, -0.05) is 67.6 Å². The van der Waals surface area contributed by atoms with Gasteiger partial charge in [0.1, 0.15) is 0 Å². The predicted molar refractivity (Wildman–Crippen MR) is 107 cm³/mol. The molecule has 1 amide bonds. The van der Waals surface area contributed by atoms with E-state index in [1.807, 2.05) is 55.5 Å². The highest BCUT2D eigenvalue weighted by atomic mass is 35.5. The van der Waals surface area contributed by atoms with Gasteiger partial charge in [0.2, 0.25) is 5.91 Å². The van der Waals surface area contributed by atoms with Gasteiger partial charge in [-0.05, 0) is 37.8 Å². The van der Waals surface area contributed by atoms with Crippen molar-refractivity contribution in [2.45, 2.75) is 45.2 Å². The lowest BCUT2D eigenvalue weighted by Gasteiger charge is -2.30. The minimum atomic E-state index is -0.295. The average molecular weight is 361 g/mol. The molecule has 136 valence electrons. The van der Waals surface area contributed by atoms with Crippen molar-refractivity contribution in [3.8, 4) is 0 Å². The smallest absolute Gasteiger partial charge is 0.225 e. The van der Waals surface area contributed by atoms with Crippen molar-refractivity contribution in [3.63, 3.8) is 0 Å². The van der Waals surface area contributed by atoms with E-state index >= 15 is 0 Å². The van der Waals surface area contributed by atoms with Crippen LogP contribution in [0.2, 0.25) is 0 Å². The Balaban J connectivity index is 0.00000312. The molecule has 0 aliphatic heterocycles. The molecule has 0 saturated heterocycles. The summed E-state index contributed by atoms with van der Waals surface area (Å²) in [6, 6.07) is 19.8. The molecule has 2 aromatic rings. The Labute approximate surface area is 157 Å². The van der Waals surface area contributed by atoms with Crippen molar-refractivity contribution in [1.29, 1.82) is 0 Å². The zero-order valence-corrected chi connectivity index (χ0v) is 16.1. The van der Waals surface area contributed by atoms with E-state index in [1.165, 1.54) is 5.56 Å². The number of amides is 1. The van der Waals surface area contributed by atoms with E-state index in [9.17, 15) is 4.79 Å². The second-order valence-electron chi connectivity index (χ2n) is 7.08. The molecule has 0 aliphatic rings. The monoisotopic (exact) mass is 360 g/mol. The molecule has 0 aromatic heterocycles. The molecule has 2 aromatic carbocycles. The average Bonchev–Trinajstić information content (AvgIpc) is 2.60. The maximum atomic E-state index is 12.6. The topological polar surface area (TPSA) is 55.1 Å². The van der Waals surface area contributed by atoms with Crippen molar-refractivity contribution in [3.05, 3.63) is 71.8 Å². The van der Waals surface area contributed by atoms with Gasteiger partial charge in [-0.15, -0.1) is 12.4 Å². The lowest BCUT2D eigenvalue weighted by molar-refractivity contribution is -0.126. The summed E-state index contributed by atoms with van der Waals surface area (Å²) in [6.45, 7) is 6.02. The molecule has 2 atom stereocenters. The summed E-state index contributed by atoms with van der Waals surface area (Å²) in [6.07, 6.45) is 1.82. The van der Waals surface area contributed by atoms with E-state index in [0.717, 1.165) is 18.4 Å². The van der Waals surface area contributed by atoms with Gasteiger partial charge < -0.3 is 11.1 Å². The Kier molecular flexibility index (Phi) is 8.14. The molecular weight excluding hydrogens is 332 g/mol. The van der Waals surface area contributed by atoms with Crippen molar-refractivity contribution >= 4 is 18.3 Å². The van der Waals surface area contributed by atoms with Crippen LogP contribution in [0.3, 0.4) is 0 Å². The number of benzene rings is 2. The van der Waals surface area contributed by atoms with Gasteiger partial charge in [0.25, 0.3) is 0 Å². The van der Waals surface area contributed by atoms with Crippen molar-refractivity contribution in [1.82, 2.24) is 5.32 Å². The molecule has 25 heavy (non-hydrogen) atoms. The Morgan fingerprint density at radius 1 is 1.04 bits per heavy atom. The van der Waals surface area contributed by atoms with Gasteiger partial charge in [-0.2, -0.15) is 0 Å². The van der Waals surface area contributed by atoms with E-state index in [4.69, 9.17) is 5.73 Å². The molecular formula is C21H29ClN2O. The molecule has 0 spiro atoms. The zero-order valence-electron chi connectivity index (χ0n) is 15.2. The van der Waals surface area contributed by atoms with Crippen LogP contribution in [0, 0.1) is 5.92 Å². The first-order chi connectivity index (χ1) is 11.4. The minimum absolute atomic E-state index is 0. The second-order valence-corrected chi connectivity index (χ2v) is 7.08. The molecule has 0 aliphatic carbocycles. The highest BCUT2D eigenvalue weighted by Gasteiger charge is 2.27. The zero-order chi connectivity index (χ0) is 17.6. The first-order valence-electron chi connectivity index (χ1n) is 8.55. The van der Waals surface area contributed by atoms with Crippen LogP contribution in [0.5, 0.6) is 0 Å². The van der Waals surface area contributed by atoms with Crippen molar-refractivity contribution < 1.29 is 4.79 Å². The molecule has 3 nitrogen and oxygen atoms in total. The fourth-order valence-corrected chi connectivity index (χ4v) is 2.74. The lowest BCUT2D eigenvalue weighted by Crippen LogP contribution is -2.47. The molecule has 0 saturated carbocycles. The molecule has 2 unspecified atom stereocenters. The standard InChI is InChI=1S/C21H28N2O.ClH/c1-16(19(22)18-12-8-5-9-13-18)20(24)23-21(2,3)15-14-17-10-6-4-7-11-17;/h4-13,16,19H,14-15,22H2,1-3H3,(H,23,24);1H. The highest BCUT2D eigenvalue weighted by Crippen LogP contribution is 2.21. The Hall–Kier alpha value is -1.84. The summed E-state index contributed by atoms with van der Waals surface area (Å²) in [5.41, 5.74) is 8.27. The van der Waals surface area contributed by atoms with Crippen LogP contribution in [0.15, 0.2) is 60.7 Å². The minimum Gasteiger partial charge on any atom is -0.351 e. The van der Waals surface area contributed by atoms with E-state index in [2.05, 4.69) is 31.3 Å². The van der Waals surface area contributed by atoms with Crippen LogP contribution in [0.4, 0.5) is 0 Å². The molecule has 2 rings (SSSR count). The van der Waals surface area contributed by atoms with E-state index < -0.39 is 0 Å². The maximum Gasteiger partial charge on any atom is 0.225 e. The number of hydrogen-bond donors (Lipinski definition) is 2. The number of carbonyl (C=O) groups excluding carboxylic acids is 1. The third-order valence-electron chi connectivity index (χ3n) is 4.48. The van der Waals surface area contributed by atoms with Crippen LogP contribution in [0.25, 0.3) is 0 Å². The summed E-state index contributed by atoms with van der Waals surface area (Å²) in [5.74, 6) is -0.271. The fourth-order valence-electron chi connectivity index (χ4n) is 2.74. The van der Waals surface area contributed by atoms with Crippen LogP contribution in [-0.2, 0) is 11.2 Å². The first kappa shape index (κ1) is 21.2. The first-order valence-corrected chi connectivity index (χ1v) is 8.55. The Morgan fingerprint density at radius 2 is 1.56 bits per heavy atom. The highest BCUT2D eigenvalue weighted by molar-refractivity contribution is 5.85. The van der Waals surface area contributed by atoms with Crippen LogP contribution >= 0.6 is 12.4 Å². The molecule has 3 N–H and O–H groups in total. The maximum absolute atomic E-state index is 12.6. The normalized spacial score (nSPS) is 13.4. The molecule has 0 bridgehead atoms. The van der Waals surface area contributed by atoms with Gasteiger partial charge in [0.15, 0.2) is 0 Å². The Morgan fingerprint density at radius 3 is 2.12 bits per heavy atom. The summed E-state index contributed by atoms with van der Waals surface area (Å²) in [5, 5.41) is 3.16. The molecule has 0 heterocycles. The number of halogens is 1. The van der Waals surface area contributed by atoms with E-state index in [0.29, 0.717) is 0 Å². The van der Waals surface area contributed by atoms with Crippen LogP contribution in [0.1, 0.15) is 44.4 Å². The number of hydrogen-bond acceptors (Lipinski definition) is 2. The van der Waals surface area contributed by atoms with E-state index in [1.54, 1.807) is 0 Å². The molecule has 0 fully saturated rings. The molecule has 0 radical (unpaired) electrons. The third-order valence-corrected chi connectivity index (χ3v) is 4.48. The van der Waals surface area contributed by atoms with E-state index in [-0.39, 0.29) is 35.8 Å². The van der Waals surface area contributed by atoms with Crippen LogP contribution in [-0.4, -0.2) is 11.4 Å². The number of carbonyl (C=O) groups is 1. The van der Waals surface area contributed by atoms with Gasteiger partial charge in [0.05, 0.1) is 5.92 Å². The quantitative estimate of drug-likeness (QED) is 0.774. The number of nitrogens with one attached hydrogen (secondary N) is 1. The number of nitrogens with two attached hydrogens (primary N) is 1. The van der Waals surface area contributed by atoms with Gasteiger partial charge >= 0.3 is 0 Å². The second kappa shape index (κ2) is 9.59. The number of rotatable bonds is 7. The van der Waals surface area contributed by atoms with Gasteiger partial charge in [-0.3, -0.25) is 4.79 Å². The summed E-state index contributed by atoms with van der Waals surface area (Å²) in [7, 11) is 0. The van der Waals surface area contributed by atoms with Crippen molar-refractivity contribution in [2.24, 2.45) is 11.7 Å². The fraction of sp³-hybridized carbons (Fsp3) is 0.381.